The van der Waals surface area contributed by atoms with Gasteiger partial charge in [0, 0.05) is 24.5 Å². The van der Waals surface area contributed by atoms with Crippen LogP contribution in [0.2, 0.25) is 0 Å². The van der Waals surface area contributed by atoms with Crippen LogP contribution >= 0.6 is 0 Å². The summed E-state index contributed by atoms with van der Waals surface area (Å²) >= 11 is 0. The van der Waals surface area contributed by atoms with E-state index in [4.69, 9.17) is 5.73 Å². The molecule has 0 aliphatic carbocycles. The van der Waals surface area contributed by atoms with Gasteiger partial charge in [-0.3, -0.25) is 4.98 Å². The van der Waals surface area contributed by atoms with Gasteiger partial charge in [0.1, 0.15) is 0 Å². The van der Waals surface area contributed by atoms with Crippen LogP contribution in [-0.4, -0.2) is 35.6 Å². The summed E-state index contributed by atoms with van der Waals surface area (Å²) in [5, 5.41) is 0. The van der Waals surface area contributed by atoms with Crippen molar-refractivity contribution in [3.63, 3.8) is 0 Å². The van der Waals surface area contributed by atoms with Crippen molar-refractivity contribution in [3.8, 4) is 0 Å². The number of hydrogen-bond donors (Lipinski definition) is 1. The van der Waals surface area contributed by atoms with Crippen LogP contribution in [0.5, 0.6) is 0 Å². The number of aromatic nitrogens is 1. The third-order valence-electron chi connectivity index (χ3n) is 3.43. The zero-order valence-corrected chi connectivity index (χ0v) is 10.0. The lowest BCUT2D eigenvalue weighted by atomic mass is 9.85. The van der Waals surface area contributed by atoms with E-state index in [1.165, 1.54) is 18.5 Å². The fourth-order valence-corrected chi connectivity index (χ4v) is 2.54. The molecule has 88 valence electrons. The first-order valence-electron chi connectivity index (χ1n) is 6.04. The Hall–Kier alpha value is -0.930. The molecule has 1 aromatic heterocycles. The predicted molar refractivity (Wildman–Crippen MR) is 66.2 cm³/mol. The minimum atomic E-state index is 0.00282. The molecule has 1 atom stereocenters. The molecule has 0 bridgehead atoms. The van der Waals surface area contributed by atoms with Crippen LogP contribution < -0.4 is 5.73 Å². The lowest BCUT2D eigenvalue weighted by molar-refractivity contribution is 0.170. The molecule has 2 rings (SSSR count). The van der Waals surface area contributed by atoms with E-state index in [1.807, 2.05) is 18.5 Å². The fourth-order valence-electron chi connectivity index (χ4n) is 2.54. The van der Waals surface area contributed by atoms with E-state index in [-0.39, 0.29) is 5.54 Å². The summed E-state index contributed by atoms with van der Waals surface area (Å²) in [6.45, 7) is 2.21. The highest BCUT2D eigenvalue weighted by Crippen LogP contribution is 2.22. The fraction of sp³-hybridized carbons (Fsp3) is 0.615. The smallest absolute Gasteiger partial charge is 0.0299 e. The molecule has 3 heteroatoms. The van der Waals surface area contributed by atoms with Gasteiger partial charge in [0.15, 0.2) is 0 Å². The van der Waals surface area contributed by atoms with Crippen molar-refractivity contribution in [2.24, 2.45) is 5.73 Å². The maximum Gasteiger partial charge on any atom is 0.0299 e. The Morgan fingerprint density at radius 1 is 1.56 bits per heavy atom. The summed E-state index contributed by atoms with van der Waals surface area (Å²) in [5.74, 6) is 0. The zero-order valence-electron chi connectivity index (χ0n) is 10.0. The van der Waals surface area contributed by atoms with Crippen LogP contribution in [-0.2, 0) is 6.42 Å². The van der Waals surface area contributed by atoms with E-state index in [2.05, 4.69) is 23.0 Å². The number of pyridine rings is 1. The average Bonchev–Trinajstić information content (AvgIpc) is 2.28. The maximum atomic E-state index is 6.44. The molecule has 0 amide bonds. The predicted octanol–water partition coefficient (Wildman–Crippen LogP) is 1.44. The number of likely N-dealkylation sites (tertiary alicyclic amines) is 1. The van der Waals surface area contributed by atoms with E-state index >= 15 is 0 Å². The van der Waals surface area contributed by atoms with E-state index in [1.54, 1.807) is 0 Å². The highest BCUT2D eigenvalue weighted by molar-refractivity contribution is 5.09. The second-order valence-corrected chi connectivity index (χ2v) is 5.06. The van der Waals surface area contributed by atoms with Crippen LogP contribution in [0.3, 0.4) is 0 Å². The van der Waals surface area contributed by atoms with Gasteiger partial charge < -0.3 is 10.6 Å². The minimum absolute atomic E-state index is 0.00282. The van der Waals surface area contributed by atoms with Gasteiger partial charge in [-0.25, -0.2) is 0 Å². The van der Waals surface area contributed by atoms with Crippen LogP contribution in [0.4, 0.5) is 0 Å². The summed E-state index contributed by atoms with van der Waals surface area (Å²) in [6.07, 6.45) is 8.23. The van der Waals surface area contributed by atoms with Gasteiger partial charge in [0.2, 0.25) is 0 Å². The quantitative estimate of drug-likeness (QED) is 0.836. The van der Waals surface area contributed by atoms with Crippen molar-refractivity contribution < 1.29 is 0 Å². The molecule has 1 aliphatic rings. The third kappa shape index (κ3) is 3.03. The molecule has 0 aromatic carbocycles. The van der Waals surface area contributed by atoms with Crippen molar-refractivity contribution in [1.29, 1.82) is 0 Å². The molecule has 1 fully saturated rings. The van der Waals surface area contributed by atoms with Gasteiger partial charge in [-0.05, 0) is 50.9 Å². The number of aryl methyl sites for hydroxylation is 1. The summed E-state index contributed by atoms with van der Waals surface area (Å²) in [7, 11) is 2.16. The van der Waals surface area contributed by atoms with E-state index in [0.717, 1.165) is 25.8 Å². The number of rotatable bonds is 3. The Kier molecular flexibility index (Phi) is 3.56. The Morgan fingerprint density at radius 3 is 3.12 bits per heavy atom. The van der Waals surface area contributed by atoms with Crippen molar-refractivity contribution in [2.75, 3.05) is 20.1 Å². The van der Waals surface area contributed by atoms with Gasteiger partial charge in [-0.1, -0.05) is 6.07 Å². The largest absolute Gasteiger partial charge is 0.324 e. The van der Waals surface area contributed by atoms with E-state index < -0.39 is 0 Å². The monoisotopic (exact) mass is 219 g/mol. The van der Waals surface area contributed by atoms with E-state index in [0.29, 0.717) is 0 Å². The molecule has 3 nitrogen and oxygen atoms in total. The first-order valence-corrected chi connectivity index (χ1v) is 6.04. The van der Waals surface area contributed by atoms with Crippen LogP contribution in [0.15, 0.2) is 24.5 Å². The Labute approximate surface area is 97.7 Å². The summed E-state index contributed by atoms with van der Waals surface area (Å²) < 4.78 is 0. The zero-order chi connectivity index (χ0) is 11.4. The SMILES string of the molecule is CN1CCCC(N)(CCc2cccnc2)C1. The molecule has 0 radical (unpaired) electrons. The number of likely N-dealkylation sites (N-methyl/N-ethyl adjacent to an activating group) is 1. The minimum Gasteiger partial charge on any atom is -0.324 e. The lowest BCUT2D eigenvalue weighted by Crippen LogP contribution is -2.53. The van der Waals surface area contributed by atoms with Gasteiger partial charge in [0.25, 0.3) is 0 Å². The molecule has 1 aromatic rings. The van der Waals surface area contributed by atoms with Gasteiger partial charge in [-0.15, -0.1) is 0 Å². The highest BCUT2D eigenvalue weighted by Gasteiger charge is 2.29. The van der Waals surface area contributed by atoms with Crippen molar-refractivity contribution in [3.05, 3.63) is 30.1 Å². The number of nitrogens with two attached hydrogens (primary N) is 1. The van der Waals surface area contributed by atoms with Crippen molar-refractivity contribution in [2.45, 2.75) is 31.2 Å². The Morgan fingerprint density at radius 2 is 2.44 bits per heavy atom. The van der Waals surface area contributed by atoms with Gasteiger partial charge in [-0.2, -0.15) is 0 Å². The Balaban J connectivity index is 1.89. The maximum absolute atomic E-state index is 6.44. The van der Waals surface area contributed by atoms with Crippen LogP contribution in [0.25, 0.3) is 0 Å². The number of nitrogens with zero attached hydrogens (tertiary/aromatic N) is 2. The van der Waals surface area contributed by atoms with Crippen molar-refractivity contribution in [1.82, 2.24) is 9.88 Å². The topological polar surface area (TPSA) is 42.1 Å². The highest BCUT2D eigenvalue weighted by atomic mass is 15.1. The second kappa shape index (κ2) is 4.93. The molecule has 0 spiro atoms. The van der Waals surface area contributed by atoms with Crippen LogP contribution in [0, 0.1) is 0 Å². The first-order chi connectivity index (χ1) is 7.68. The molecule has 2 heterocycles. The number of hydrogen-bond acceptors (Lipinski definition) is 3. The Bertz CT molecular complexity index is 325. The second-order valence-electron chi connectivity index (χ2n) is 5.06. The molecular formula is C13H21N3. The third-order valence-corrected chi connectivity index (χ3v) is 3.43. The molecule has 16 heavy (non-hydrogen) atoms. The summed E-state index contributed by atoms with van der Waals surface area (Å²) in [5.41, 5.74) is 7.73. The normalized spacial score (nSPS) is 26.9. The standard InChI is InChI=1S/C13H21N3/c1-16-9-3-6-13(14,11-16)7-5-12-4-2-8-15-10-12/h2,4,8,10H,3,5-7,9,11,14H2,1H3. The molecule has 0 saturated carbocycles. The molecule has 1 unspecified atom stereocenters. The molecule has 1 saturated heterocycles. The number of piperidine rings is 1. The van der Waals surface area contributed by atoms with Gasteiger partial charge >= 0.3 is 0 Å². The van der Waals surface area contributed by atoms with E-state index in [9.17, 15) is 0 Å². The molecule has 1 aliphatic heterocycles. The summed E-state index contributed by atoms with van der Waals surface area (Å²) in [6, 6.07) is 4.12. The lowest BCUT2D eigenvalue weighted by Gasteiger charge is -2.38. The molecule has 2 N–H and O–H groups in total. The van der Waals surface area contributed by atoms with Crippen molar-refractivity contribution >= 4 is 0 Å². The van der Waals surface area contributed by atoms with Gasteiger partial charge in [0.05, 0.1) is 0 Å². The average molecular weight is 219 g/mol. The molecular weight excluding hydrogens is 198 g/mol. The first kappa shape index (κ1) is 11.6. The summed E-state index contributed by atoms with van der Waals surface area (Å²) in [4.78, 5) is 6.47. The van der Waals surface area contributed by atoms with Crippen LogP contribution in [0.1, 0.15) is 24.8 Å².